The number of hydrogen-bond acceptors (Lipinski definition) is 6. The van der Waals surface area contributed by atoms with E-state index >= 15 is 0 Å². The van der Waals surface area contributed by atoms with Crippen LogP contribution < -0.4 is 0 Å². The molecule has 0 aliphatic carbocycles. The van der Waals surface area contributed by atoms with Crippen molar-refractivity contribution in [1.82, 2.24) is 0 Å². The van der Waals surface area contributed by atoms with Crippen LogP contribution in [0.4, 0.5) is 0 Å². The predicted octanol–water partition coefficient (Wildman–Crippen LogP) is 20.9. The number of allylic oxidation sites excluding steroid dienone is 16. The normalized spacial score (nSPS) is 12.8. The first-order chi connectivity index (χ1) is 36.0. The van der Waals surface area contributed by atoms with E-state index in [4.69, 9.17) is 14.2 Å². The lowest BCUT2D eigenvalue weighted by atomic mass is 10.0. The van der Waals surface area contributed by atoms with Crippen LogP contribution in [-0.2, 0) is 28.6 Å². The summed E-state index contributed by atoms with van der Waals surface area (Å²) in [5.74, 6) is -0.897. The average molecular weight is 1020 g/mol. The van der Waals surface area contributed by atoms with Gasteiger partial charge in [-0.1, -0.05) is 272 Å². The molecule has 0 aromatic carbocycles. The zero-order valence-corrected chi connectivity index (χ0v) is 47.9. The molecule has 0 aliphatic heterocycles. The highest BCUT2D eigenvalue weighted by molar-refractivity contribution is 5.71. The van der Waals surface area contributed by atoms with Crippen molar-refractivity contribution in [3.63, 3.8) is 0 Å². The van der Waals surface area contributed by atoms with E-state index in [1.54, 1.807) is 0 Å². The molecule has 0 spiro atoms. The van der Waals surface area contributed by atoms with Gasteiger partial charge < -0.3 is 14.2 Å². The first-order valence-corrected chi connectivity index (χ1v) is 30.7. The molecule has 0 rings (SSSR count). The fourth-order valence-corrected chi connectivity index (χ4v) is 8.54. The van der Waals surface area contributed by atoms with E-state index < -0.39 is 6.10 Å². The topological polar surface area (TPSA) is 78.9 Å². The molecule has 73 heavy (non-hydrogen) atoms. The number of hydrogen-bond donors (Lipinski definition) is 0. The van der Waals surface area contributed by atoms with Gasteiger partial charge in [0.2, 0.25) is 0 Å². The van der Waals surface area contributed by atoms with Crippen molar-refractivity contribution >= 4 is 17.9 Å². The minimum absolute atomic E-state index is 0.0840. The Morgan fingerprint density at radius 1 is 0.288 bits per heavy atom. The number of carbonyl (C=O) groups excluding carboxylic acids is 3. The Bertz CT molecular complexity index is 1440. The first kappa shape index (κ1) is 69.3. The highest BCUT2D eigenvalue weighted by atomic mass is 16.6. The molecule has 0 fully saturated rings. The maximum absolute atomic E-state index is 12.9. The van der Waals surface area contributed by atoms with Gasteiger partial charge >= 0.3 is 17.9 Å². The summed E-state index contributed by atoms with van der Waals surface area (Å²) < 4.78 is 16.9. The van der Waals surface area contributed by atoms with Crippen molar-refractivity contribution in [2.24, 2.45) is 0 Å². The van der Waals surface area contributed by atoms with Crippen LogP contribution in [0.1, 0.15) is 290 Å². The lowest BCUT2D eigenvalue weighted by molar-refractivity contribution is -0.167. The van der Waals surface area contributed by atoms with Gasteiger partial charge in [0.05, 0.1) is 0 Å². The SMILES string of the molecule is CC/C=C\C/C=C\C/C=C\C/C=C\CCCCCCCCCCC(=O)OCC(COC(=O)CCCCCCCCCCCCCCCCC)OC(=O)CCCCCCCC/C=C\C/C=C\C/C=C\C/C=C\CC. The van der Waals surface area contributed by atoms with Crippen LogP contribution in [0.2, 0.25) is 0 Å². The maximum atomic E-state index is 12.9. The van der Waals surface area contributed by atoms with E-state index in [-0.39, 0.29) is 31.1 Å². The second kappa shape index (κ2) is 60.9. The van der Waals surface area contributed by atoms with E-state index in [0.29, 0.717) is 19.3 Å². The smallest absolute Gasteiger partial charge is 0.306 e. The summed E-state index contributed by atoms with van der Waals surface area (Å²) in [5, 5.41) is 0. The molecule has 1 atom stereocenters. The third kappa shape index (κ3) is 59.1. The number of ether oxygens (including phenoxy) is 3. The molecule has 0 saturated carbocycles. The highest BCUT2D eigenvalue weighted by Gasteiger charge is 2.19. The van der Waals surface area contributed by atoms with Crippen LogP contribution in [0.5, 0.6) is 0 Å². The molecule has 1 unspecified atom stereocenters. The predicted molar refractivity (Wildman–Crippen MR) is 316 cm³/mol. The quantitative estimate of drug-likeness (QED) is 0.0261. The lowest BCUT2D eigenvalue weighted by Crippen LogP contribution is -2.30. The molecule has 0 aromatic heterocycles. The van der Waals surface area contributed by atoms with Gasteiger partial charge in [0.15, 0.2) is 6.10 Å². The number of rotatable bonds is 55. The van der Waals surface area contributed by atoms with Gasteiger partial charge in [-0.05, 0) is 96.3 Å². The molecule has 0 saturated heterocycles. The van der Waals surface area contributed by atoms with Crippen molar-refractivity contribution in [2.45, 2.75) is 297 Å². The van der Waals surface area contributed by atoms with Gasteiger partial charge in [-0.2, -0.15) is 0 Å². The van der Waals surface area contributed by atoms with Gasteiger partial charge in [0.25, 0.3) is 0 Å². The molecule has 0 aliphatic rings. The van der Waals surface area contributed by atoms with Crippen LogP contribution in [0.25, 0.3) is 0 Å². The largest absolute Gasteiger partial charge is 0.462 e. The Labute approximate surface area is 451 Å². The molecule has 6 heteroatoms. The van der Waals surface area contributed by atoms with E-state index in [9.17, 15) is 14.4 Å². The van der Waals surface area contributed by atoms with Gasteiger partial charge in [-0.25, -0.2) is 0 Å². The Balaban J connectivity index is 4.41. The summed E-state index contributed by atoms with van der Waals surface area (Å²) in [7, 11) is 0. The monoisotopic (exact) mass is 1010 g/mol. The number of unbranched alkanes of at least 4 members (excludes halogenated alkanes) is 28. The van der Waals surface area contributed by atoms with Crippen LogP contribution >= 0.6 is 0 Å². The average Bonchev–Trinajstić information content (AvgIpc) is 3.39. The molecule has 418 valence electrons. The van der Waals surface area contributed by atoms with Crippen molar-refractivity contribution in [2.75, 3.05) is 13.2 Å². The minimum Gasteiger partial charge on any atom is -0.462 e. The molecule has 6 nitrogen and oxygen atoms in total. The molecule has 0 N–H and O–H groups in total. The zero-order valence-electron chi connectivity index (χ0n) is 47.9. The minimum atomic E-state index is -0.789. The zero-order chi connectivity index (χ0) is 52.9. The standard InChI is InChI=1S/C67H114O6/c1-4-7-10-13-16-19-22-25-28-30-32-33-35-36-39-42-45-48-51-54-57-60-66(69)72-63-64(62-71-65(68)59-56-53-50-47-44-41-38-27-24-21-18-15-12-9-6-3)73-67(70)61-58-55-52-49-46-43-40-37-34-31-29-26-23-20-17-14-11-8-5-2/h7-8,10-11,16-17,19-20,25-26,28-29,32-34,37,64H,4-6,9,12-15,18,21-24,27,30-31,35-36,38-63H2,1-3H3/b10-7-,11-8-,19-16-,20-17-,28-25-,29-26-,33-32-,37-34-. The maximum Gasteiger partial charge on any atom is 0.306 e. The summed E-state index contributed by atoms with van der Waals surface area (Å²) in [6, 6.07) is 0. The molecular formula is C67H114O6. The lowest BCUT2D eigenvalue weighted by Gasteiger charge is -2.18. The van der Waals surface area contributed by atoms with Crippen molar-refractivity contribution < 1.29 is 28.6 Å². The third-order valence-electron chi connectivity index (χ3n) is 13.1. The number of esters is 3. The van der Waals surface area contributed by atoms with Crippen LogP contribution in [0.3, 0.4) is 0 Å². The van der Waals surface area contributed by atoms with Crippen molar-refractivity contribution in [3.05, 3.63) is 97.2 Å². The summed E-state index contributed by atoms with van der Waals surface area (Å²) in [4.78, 5) is 38.3. The first-order valence-electron chi connectivity index (χ1n) is 30.7. The molecule has 0 aromatic rings. The van der Waals surface area contributed by atoms with Crippen LogP contribution in [0, 0.1) is 0 Å². The van der Waals surface area contributed by atoms with Crippen molar-refractivity contribution in [3.8, 4) is 0 Å². The number of carbonyl (C=O) groups is 3. The van der Waals surface area contributed by atoms with E-state index in [0.717, 1.165) is 128 Å². The fraction of sp³-hybridized carbons (Fsp3) is 0.716. The third-order valence-corrected chi connectivity index (χ3v) is 13.1. The second-order valence-electron chi connectivity index (χ2n) is 20.2. The molecule has 0 amide bonds. The highest BCUT2D eigenvalue weighted by Crippen LogP contribution is 2.16. The fourth-order valence-electron chi connectivity index (χ4n) is 8.54. The molecule has 0 radical (unpaired) electrons. The van der Waals surface area contributed by atoms with E-state index in [1.807, 2.05) is 0 Å². The molecule has 0 bridgehead atoms. The summed E-state index contributed by atoms with van der Waals surface area (Å²) in [6.07, 6.45) is 81.1. The Hall–Kier alpha value is -3.67. The summed E-state index contributed by atoms with van der Waals surface area (Å²) in [6.45, 7) is 6.42. The second-order valence-corrected chi connectivity index (χ2v) is 20.2. The van der Waals surface area contributed by atoms with E-state index in [2.05, 4.69) is 118 Å². The van der Waals surface area contributed by atoms with Crippen LogP contribution in [0.15, 0.2) is 97.2 Å². The Kier molecular flexibility index (Phi) is 57.8. The van der Waals surface area contributed by atoms with Gasteiger partial charge in [0.1, 0.15) is 13.2 Å². The Morgan fingerprint density at radius 3 is 0.836 bits per heavy atom. The van der Waals surface area contributed by atoms with E-state index in [1.165, 1.54) is 122 Å². The van der Waals surface area contributed by atoms with Gasteiger partial charge in [0, 0.05) is 19.3 Å². The van der Waals surface area contributed by atoms with Crippen molar-refractivity contribution in [1.29, 1.82) is 0 Å². The molecule has 0 heterocycles. The summed E-state index contributed by atoms with van der Waals surface area (Å²) >= 11 is 0. The van der Waals surface area contributed by atoms with Crippen LogP contribution in [-0.4, -0.2) is 37.2 Å². The van der Waals surface area contributed by atoms with Gasteiger partial charge in [-0.15, -0.1) is 0 Å². The summed E-state index contributed by atoms with van der Waals surface area (Å²) in [5.41, 5.74) is 0. The molecular weight excluding hydrogens is 901 g/mol. The Morgan fingerprint density at radius 2 is 0.534 bits per heavy atom. The van der Waals surface area contributed by atoms with Gasteiger partial charge in [-0.3, -0.25) is 14.4 Å².